The van der Waals surface area contributed by atoms with Crippen LogP contribution in [0.2, 0.25) is 0 Å². The molecule has 0 saturated carbocycles. The molecule has 0 atom stereocenters. The second-order valence-electron chi connectivity index (χ2n) is 4.14. The van der Waals surface area contributed by atoms with Crippen LogP contribution in [-0.4, -0.2) is 30.6 Å². The Balaban J connectivity index is 1.76. The zero-order chi connectivity index (χ0) is 14.7. The summed E-state index contributed by atoms with van der Waals surface area (Å²) in [7, 11) is 0. The second-order valence-corrected chi connectivity index (χ2v) is 4.14. The highest BCUT2D eigenvalue weighted by Gasteiger charge is 2.07. The average Bonchev–Trinajstić information content (AvgIpc) is 3.02. The van der Waals surface area contributed by atoms with E-state index in [0.29, 0.717) is 11.5 Å². The van der Waals surface area contributed by atoms with E-state index >= 15 is 0 Å². The van der Waals surface area contributed by atoms with Gasteiger partial charge in [-0.1, -0.05) is 0 Å². The molecule has 3 aromatic heterocycles. The van der Waals surface area contributed by atoms with Crippen LogP contribution in [0.5, 0.6) is 0 Å². The highest BCUT2D eigenvalue weighted by Crippen LogP contribution is 2.10. The second kappa shape index (κ2) is 5.37. The molecule has 3 rings (SSSR count). The van der Waals surface area contributed by atoms with Gasteiger partial charge in [0, 0.05) is 17.8 Å². The predicted octanol–water partition coefficient (Wildman–Crippen LogP) is 0.603. The lowest BCUT2D eigenvalue weighted by molar-refractivity contribution is 0.102. The summed E-state index contributed by atoms with van der Waals surface area (Å²) in [5.74, 6) is 0.207. The Hall–Kier alpha value is -3.29. The summed E-state index contributed by atoms with van der Waals surface area (Å²) >= 11 is 0. The Morgan fingerprint density at radius 3 is 2.86 bits per heavy atom. The summed E-state index contributed by atoms with van der Waals surface area (Å²) < 4.78 is 1.50. The smallest absolute Gasteiger partial charge is 0.255 e. The molecule has 0 unspecified atom stereocenters. The maximum atomic E-state index is 12.0. The van der Waals surface area contributed by atoms with E-state index in [4.69, 9.17) is 0 Å². The topological polar surface area (TPSA) is 106 Å². The van der Waals surface area contributed by atoms with Gasteiger partial charge >= 0.3 is 0 Å². The zero-order valence-corrected chi connectivity index (χ0v) is 10.7. The van der Waals surface area contributed by atoms with Crippen LogP contribution in [-0.2, 0) is 0 Å². The number of hydrogen-bond acceptors (Lipinski definition) is 5. The number of hydrogen-bond donors (Lipinski definition) is 2. The minimum absolute atomic E-state index is 0.277. The molecule has 2 N–H and O–H groups in total. The minimum Gasteiger partial charge on any atom is -0.329 e. The predicted molar refractivity (Wildman–Crippen MR) is 74.2 cm³/mol. The van der Waals surface area contributed by atoms with Gasteiger partial charge in [-0.05, 0) is 18.2 Å². The first-order valence-corrected chi connectivity index (χ1v) is 6.03. The van der Waals surface area contributed by atoms with Gasteiger partial charge in [-0.15, -0.1) is 0 Å². The van der Waals surface area contributed by atoms with Crippen molar-refractivity contribution in [3.05, 3.63) is 65.2 Å². The normalized spacial score (nSPS) is 10.3. The van der Waals surface area contributed by atoms with Crippen molar-refractivity contribution >= 4 is 11.6 Å². The van der Waals surface area contributed by atoms with E-state index in [-0.39, 0.29) is 17.0 Å². The van der Waals surface area contributed by atoms with Gasteiger partial charge in [-0.3, -0.25) is 9.59 Å². The molecule has 0 saturated heterocycles. The van der Waals surface area contributed by atoms with Crippen molar-refractivity contribution in [3.8, 4) is 5.82 Å². The summed E-state index contributed by atoms with van der Waals surface area (Å²) in [6.45, 7) is 0. The van der Waals surface area contributed by atoms with Crippen molar-refractivity contribution in [3.63, 3.8) is 0 Å². The zero-order valence-electron chi connectivity index (χ0n) is 10.7. The lowest BCUT2D eigenvalue weighted by Crippen LogP contribution is -2.15. The SMILES string of the molecule is O=C(Nc1ccc(-n2cncn2)nc1)c1cc[nH]c(=O)c1. The number of aromatic nitrogens is 5. The fraction of sp³-hybridized carbons (Fsp3) is 0. The van der Waals surface area contributed by atoms with Crippen LogP contribution < -0.4 is 10.9 Å². The third-order valence-corrected chi connectivity index (χ3v) is 2.70. The van der Waals surface area contributed by atoms with Crippen molar-refractivity contribution < 1.29 is 4.79 Å². The molecule has 3 heterocycles. The van der Waals surface area contributed by atoms with Gasteiger partial charge in [0.2, 0.25) is 5.56 Å². The van der Waals surface area contributed by atoms with Gasteiger partial charge in [-0.25, -0.2) is 14.6 Å². The van der Waals surface area contributed by atoms with Crippen molar-refractivity contribution in [1.29, 1.82) is 0 Å². The van der Waals surface area contributed by atoms with E-state index in [1.165, 1.54) is 41.9 Å². The van der Waals surface area contributed by atoms with Gasteiger partial charge < -0.3 is 10.3 Å². The molecule has 0 aliphatic carbocycles. The van der Waals surface area contributed by atoms with Crippen molar-refractivity contribution in [2.24, 2.45) is 0 Å². The fourth-order valence-corrected chi connectivity index (χ4v) is 1.71. The standard InChI is InChI=1S/C13H10N6O2/c20-12-5-9(3-4-15-12)13(21)18-10-1-2-11(16-6-10)19-8-14-7-17-19/h1-8H,(H,15,20)(H,18,21). The molecule has 3 aromatic rings. The van der Waals surface area contributed by atoms with Crippen molar-refractivity contribution in [2.75, 3.05) is 5.32 Å². The van der Waals surface area contributed by atoms with E-state index in [1.54, 1.807) is 12.1 Å². The third-order valence-electron chi connectivity index (χ3n) is 2.70. The Morgan fingerprint density at radius 1 is 1.29 bits per heavy atom. The number of carbonyl (C=O) groups is 1. The summed E-state index contributed by atoms with van der Waals surface area (Å²) in [4.78, 5) is 33.6. The Kier molecular flexibility index (Phi) is 3.26. The first-order chi connectivity index (χ1) is 10.2. The fourth-order valence-electron chi connectivity index (χ4n) is 1.71. The van der Waals surface area contributed by atoms with E-state index in [9.17, 15) is 9.59 Å². The maximum Gasteiger partial charge on any atom is 0.255 e. The Labute approximate surface area is 118 Å². The molecule has 0 aromatic carbocycles. The number of aromatic amines is 1. The van der Waals surface area contributed by atoms with Crippen LogP contribution in [0.15, 0.2) is 54.1 Å². The molecule has 8 nitrogen and oxygen atoms in total. The molecule has 0 bridgehead atoms. The lowest BCUT2D eigenvalue weighted by atomic mass is 10.2. The average molecular weight is 282 g/mol. The van der Waals surface area contributed by atoms with Crippen LogP contribution >= 0.6 is 0 Å². The van der Waals surface area contributed by atoms with E-state index in [0.717, 1.165) is 0 Å². The first-order valence-electron chi connectivity index (χ1n) is 6.03. The summed E-state index contributed by atoms with van der Waals surface area (Å²) in [5, 5.41) is 6.61. The minimum atomic E-state index is -0.378. The third kappa shape index (κ3) is 2.84. The van der Waals surface area contributed by atoms with Crippen molar-refractivity contribution in [2.45, 2.75) is 0 Å². The molecule has 0 fully saturated rings. The van der Waals surface area contributed by atoms with E-state index in [1.807, 2.05) is 0 Å². The number of nitrogens with one attached hydrogen (secondary N) is 2. The molecular formula is C13H10N6O2. The highest BCUT2D eigenvalue weighted by atomic mass is 16.2. The quantitative estimate of drug-likeness (QED) is 0.732. The number of carbonyl (C=O) groups excluding carboxylic acids is 1. The maximum absolute atomic E-state index is 12.0. The van der Waals surface area contributed by atoms with Crippen LogP contribution in [0.25, 0.3) is 5.82 Å². The van der Waals surface area contributed by atoms with Gasteiger partial charge in [0.1, 0.15) is 12.7 Å². The number of nitrogens with zero attached hydrogens (tertiary/aromatic N) is 4. The number of pyridine rings is 2. The molecule has 0 aliphatic rings. The molecule has 8 heteroatoms. The monoisotopic (exact) mass is 282 g/mol. The molecule has 104 valence electrons. The molecule has 0 aliphatic heterocycles. The van der Waals surface area contributed by atoms with E-state index < -0.39 is 0 Å². The van der Waals surface area contributed by atoms with Gasteiger partial charge in [0.15, 0.2) is 5.82 Å². The Morgan fingerprint density at radius 2 is 2.19 bits per heavy atom. The summed E-state index contributed by atoms with van der Waals surface area (Å²) in [6, 6.07) is 6.14. The molecule has 1 amide bonds. The summed E-state index contributed by atoms with van der Waals surface area (Å²) in [6.07, 6.45) is 5.85. The van der Waals surface area contributed by atoms with Gasteiger partial charge in [0.25, 0.3) is 5.91 Å². The molecule has 21 heavy (non-hydrogen) atoms. The van der Waals surface area contributed by atoms with Crippen LogP contribution in [0.3, 0.4) is 0 Å². The van der Waals surface area contributed by atoms with Gasteiger partial charge in [-0.2, -0.15) is 5.10 Å². The largest absolute Gasteiger partial charge is 0.329 e. The number of amides is 1. The lowest BCUT2D eigenvalue weighted by Gasteiger charge is -2.05. The van der Waals surface area contributed by atoms with Crippen molar-refractivity contribution in [1.82, 2.24) is 24.7 Å². The van der Waals surface area contributed by atoms with Crippen LogP contribution in [0, 0.1) is 0 Å². The number of rotatable bonds is 3. The van der Waals surface area contributed by atoms with E-state index in [2.05, 4.69) is 25.4 Å². The molecule has 0 radical (unpaired) electrons. The highest BCUT2D eigenvalue weighted by molar-refractivity contribution is 6.04. The van der Waals surface area contributed by atoms with Gasteiger partial charge in [0.05, 0.1) is 11.9 Å². The van der Waals surface area contributed by atoms with Crippen LogP contribution in [0.4, 0.5) is 5.69 Å². The Bertz CT molecular complexity index is 807. The molecule has 0 spiro atoms. The molecular weight excluding hydrogens is 272 g/mol. The number of anilines is 1. The summed E-state index contributed by atoms with van der Waals surface area (Å²) in [5.41, 5.74) is 0.463. The first kappa shape index (κ1) is 12.7. The number of H-pyrrole nitrogens is 1. The van der Waals surface area contributed by atoms with Crippen LogP contribution in [0.1, 0.15) is 10.4 Å².